The number of benzene rings is 1. The predicted octanol–water partition coefficient (Wildman–Crippen LogP) is 3.32. The normalized spacial score (nSPS) is 16.5. The molecule has 3 N–H and O–H groups in total. The van der Waals surface area contributed by atoms with Crippen molar-refractivity contribution in [3.63, 3.8) is 0 Å². The minimum absolute atomic E-state index is 0.0375. The van der Waals surface area contributed by atoms with Crippen LogP contribution in [-0.4, -0.2) is 12.5 Å². The summed E-state index contributed by atoms with van der Waals surface area (Å²) in [6.07, 6.45) is 2.41. The molecule has 3 rings (SSSR count). The van der Waals surface area contributed by atoms with Gasteiger partial charge in [0, 0.05) is 16.6 Å². The Morgan fingerprint density at radius 3 is 2.89 bits per heavy atom. The molecule has 4 heteroatoms. The van der Waals surface area contributed by atoms with E-state index < -0.39 is 0 Å². The molecule has 1 aliphatic rings. The number of amides is 1. The van der Waals surface area contributed by atoms with E-state index in [1.807, 2.05) is 19.1 Å². The molecule has 0 atom stereocenters. The smallest absolute Gasteiger partial charge is 0.263 e. The van der Waals surface area contributed by atoms with Crippen LogP contribution in [0.1, 0.15) is 35.0 Å². The Morgan fingerprint density at radius 2 is 2.21 bits per heavy atom. The van der Waals surface area contributed by atoms with Gasteiger partial charge in [-0.2, -0.15) is 0 Å². The molecule has 1 aliphatic carbocycles. The molecule has 0 saturated heterocycles. The lowest BCUT2D eigenvalue weighted by atomic mass is 10.1. The van der Waals surface area contributed by atoms with Gasteiger partial charge in [-0.3, -0.25) is 4.79 Å². The first-order chi connectivity index (χ1) is 8.98. The quantitative estimate of drug-likeness (QED) is 0.902. The molecule has 100 valence electrons. The Kier molecular flexibility index (Phi) is 2.78. The van der Waals surface area contributed by atoms with Crippen LogP contribution in [0, 0.1) is 12.3 Å². The third-order valence-electron chi connectivity index (χ3n) is 3.87. The SMILES string of the molecule is Cc1ccc2c(N)c(C(=O)NCC3(C)CC3)sc2c1. The summed E-state index contributed by atoms with van der Waals surface area (Å²) in [6.45, 7) is 4.99. The zero-order chi connectivity index (χ0) is 13.6. The molecule has 1 aromatic carbocycles. The Bertz CT molecular complexity index is 655. The number of nitrogen functional groups attached to an aromatic ring is 1. The third-order valence-corrected chi connectivity index (χ3v) is 5.04. The van der Waals surface area contributed by atoms with Crippen molar-refractivity contribution in [1.82, 2.24) is 5.32 Å². The van der Waals surface area contributed by atoms with Crippen molar-refractivity contribution in [1.29, 1.82) is 0 Å². The van der Waals surface area contributed by atoms with Crippen LogP contribution in [0.25, 0.3) is 10.1 Å². The maximum Gasteiger partial charge on any atom is 0.263 e. The third kappa shape index (κ3) is 2.32. The number of aryl methyl sites for hydroxylation is 1. The Balaban J connectivity index is 1.87. The summed E-state index contributed by atoms with van der Waals surface area (Å²) in [6, 6.07) is 6.10. The fourth-order valence-corrected chi connectivity index (χ4v) is 3.29. The highest BCUT2D eigenvalue weighted by molar-refractivity contribution is 7.21. The molecule has 2 aromatic rings. The van der Waals surface area contributed by atoms with Gasteiger partial charge in [-0.1, -0.05) is 19.1 Å². The van der Waals surface area contributed by atoms with Gasteiger partial charge in [-0.05, 0) is 36.8 Å². The van der Waals surface area contributed by atoms with Crippen LogP contribution in [0.2, 0.25) is 0 Å². The Morgan fingerprint density at radius 1 is 1.47 bits per heavy atom. The zero-order valence-corrected chi connectivity index (χ0v) is 12.1. The summed E-state index contributed by atoms with van der Waals surface area (Å²) >= 11 is 1.48. The molecule has 3 nitrogen and oxygen atoms in total. The van der Waals surface area contributed by atoms with Crippen LogP contribution in [0.5, 0.6) is 0 Å². The van der Waals surface area contributed by atoms with Crippen molar-refractivity contribution in [2.75, 3.05) is 12.3 Å². The van der Waals surface area contributed by atoms with E-state index in [9.17, 15) is 4.79 Å². The molecule has 0 radical (unpaired) electrons. The Labute approximate surface area is 116 Å². The number of nitrogens with one attached hydrogen (secondary N) is 1. The molecular weight excluding hydrogens is 256 g/mol. The predicted molar refractivity (Wildman–Crippen MR) is 80.6 cm³/mol. The lowest BCUT2D eigenvalue weighted by molar-refractivity contribution is 0.0951. The molecule has 0 unspecified atom stereocenters. The summed E-state index contributed by atoms with van der Waals surface area (Å²) in [7, 11) is 0. The highest BCUT2D eigenvalue weighted by Crippen LogP contribution is 2.44. The molecule has 1 amide bonds. The fraction of sp³-hybridized carbons (Fsp3) is 0.400. The topological polar surface area (TPSA) is 55.1 Å². The van der Waals surface area contributed by atoms with Gasteiger partial charge in [-0.25, -0.2) is 0 Å². The molecule has 1 fully saturated rings. The van der Waals surface area contributed by atoms with Gasteiger partial charge in [0.05, 0.1) is 5.69 Å². The van der Waals surface area contributed by atoms with E-state index in [-0.39, 0.29) is 5.91 Å². The van der Waals surface area contributed by atoms with E-state index in [2.05, 4.69) is 18.3 Å². The lowest BCUT2D eigenvalue weighted by Crippen LogP contribution is -2.28. The van der Waals surface area contributed by atoms with Crippen LogP contribution in [-0.2, 0) is 0 Å². The number of anilines is 1. The number of carbonyl (C=O) groups excluding carboxylic acids is 1. The maximum absolute atomic E-state index is 12.2. The van der Waals surface area contributed by atoms with Crippen LogP contribution in [0.4, 0.5) is 5.69 Å². The van der Waals surface area contributed by atoms with E-state index in [4.69, 9.17) is 5.73 Å². The highest BCUT2D eigenvalue weighted by Gasteiger charge is 2.37. The van der Waals surface area contributed by atoms with Crippen LogP contribution < -0.4 is 11.1 Å². The monoisotopic (exact) mass is 274 g/mol. The van der Waals surface area contributed by atoms with Crippen LogP contribution in [0.3, 0.4) is 0 Å². The van der Waals surface area contributed by atoms with Gasteiger partial charge >= 0.3 is 0 Å². The van der Waals surface area contributed by atoms with Gasteiger partial charge in [-0.15, -0.1) is 11.3 Å². The van der Waals surface area contributed by atoms with E-state index in [0.717, 1.165) is 16.6 Å². The second-order valence-electron chi connectivity index (χ2n) is 5.84. The summed E-state index contributed by atoms with van der Waals surface area (Å²) < 4.78 is 1.08. The second kappa shape index (κ2) is 4.23. The minimum Gasteiger partial charge on any atom is -0.397 e. The van der Waals surface area contributed by atoms with Gasteiger partial charge in [0.1, 0.15) is 4.88 Å². The summed E-state index contributed by atoms with van der Waals surface area (Å²) in [5.41, 5.74) is 8.21. The van der Waals surface area contributed by atoms with E-state index in [0.29, 0.717) is 16.0 Å². The first-order valence-electron chi connectivity index (χ1n) is 6.55. The largest absolute Gasteiger partial charge is 0.397 e. The lowest BCUT2D eigenvalue weighted by Gasteiger charge is -2.09. The number of hydrogen-bond donors (Lipinski definition) is 2. The number of thiophene rings is 1. The fourth-order valence-electron chi connectivity index (χ4n) is 2.16. The van der Waals surface area contributed by atoms with E-state index >= 15 is 0 Å². The number of rotatable bonds is 3. The van der Waals surface area contributed by atoms with Gasteiger partial charge < -0.3 is 11.1 Å². The molecule has 0 bridgehead atoms. The molecule has 19 heavy (non-hydrogen) atoms. The first kappa shape index (κ1) is 12.5. The standard InChI is InChI=1S/C15H18N2OS/c1-9-3-4-10-11(7-9)19-13(12(10)16)14(18)17-8-15(2)5-6-15/h3-4,7H,5-6,8,16H2,1-2H3,(H,17,18). The average Bonchev–Trinajstić information content (AvgIpc) is 3.02. The van der Waals surface area contributed by atoms with Gasteiger partial charge in [0.15, 0.2) is 0 Å². The first-order valence-corrected chi connectivity index (χ1v) is 7.37. The number of hydrogen-bond acceptors (Lipinski definition) is 3. The molecular formula is C15H18N2OS. The number of fused-ring (bicyclic) bond motifs is 1. The van der Waals surface area contributed by atoms with E-state index in [1.165, 1.54) is 29.7 Å². The minimum atomic E-state index is -0.0375. The van der Waals surface area contributed by atoms with Crippen molar-refractivity contribution in [3.8, 4) is 0 Å². The summed E-state index contributed by atoms with van der Waals surface area (Å²) in [4.78, 5) is 12.9. The molecule has 0 spiro atoms. The van der Waals surface area contributed by atoms with Crippen LogP contribution >= 0.6 is 11.3 Å². The molecule has 1 saturated carbocycles. The van der Waals surface area contributed by atoms with Crippen LogP contribution in [0.15, 0.2) is 18.2 Å². The number of carbonyl (C=O) groups is 1. The summed E-state index contributed by atoms with van der Waals surface area (Å²) in [5, 5.41) is 3.99. The van der Waals surface area contributed by atoms with Crippen molar-refractivity contribution in [3.05, 3.63) is 28.6 Å². The second-order valence-corrected chi connectivity index (χ2v) is 6.89. The average molecular weight is 274 g/mol. The van der Waals surface area contributed by atoms with Gasteiger partial charge in [0.25, 0.3) is 5.91 Å². The van der Waals surface area contributed by atoms with Gasteiger partial charge in [0.2, 0.25) is 0 Å². The molecule has 1 heterocycles. The molecule has 0 aliphatic heterocycles. The van der Waals surface area contributed by atoms with Crippen molar-refractivity contribution in [2.24, 2.45) is 5.41 Å². The van der Waals surface area contributed by atoms with Crippen molar-refractivity contribution < 1.29 is 4.79 Å². The maximum atomic E-state index is 12.2. The molecule has 1 aromatic heterocycles. The summed E-state index contributed by atoms with van der Waals surface area (Å²) in [5.74, 6) is -0.0375. The van der Waals surface area contributed by atoms with E-state index in [1.54, 1.807) is 0 Å². The van der Waals surface area contributed by atoms with Crippen molar-refractivity contribution in [2.45, 2.75) is 26.7 Å². The van der Waals surface area contributed by atoms with Crippen molar-refractivity contribution >= 4 is 33.0 Å². The highest BCUT2D eigenvalue weighted by atomic mass is 32.1. The Hall–Kier alpha value is -1.55. The number of nitrogens with two attached hydrogens (primary N) is 1. The zero-order valence-electron chi connectivity index (χ0n) is 11.2.